The summed E-state index contributed by atoms with van der Waals surface area (Å²) in [6.07, 6.45) is -4.59. The molecule has 9 heteroatoms. The Balaban J connectivity index is 1.63. The maximum atomic E-state index is 12.9. The van der Waals surface area contributed by atoms with Crippen LogP contribution in [0.4, 0.5) is 19.0 Å². The van der Waals surface area contributed by atoms with Gasteiger partial charge in [-0.25, -0.2) is 4.98 Å². The number of rotatable bonds is 3. The summed E-state index contributed by atoms with van der Waals surface area (Å²) in [4.78, 5) is 7.85. The van der Waals surface area contributed by atoms with Crippen molar-refractivity contribution in [2.75, 3.05) is 37.6 Å². The second kappa shape index (κ2) is 7.67. The second-order valence-corrected chi connectivity index (χ2v) is 7.20. The maximum Gasteiger partial charge on any atom is 0.416 e. The monoisotopic (exact) mass is 375 g/mol. The van der Waals surface area contributed by atoms with Crippen LogP contribution in [0.2, 0.25) is 0 Å². The largest absolute Gasteiger partial charge is 0.416 e. The molecule has 0 aliphatic carbocycles. The van der Waals surface area contributed by atoms with E-state index in [4.69, 9.17) is 0 Å². The fraction of sp³-hybridized carbons (Fsp3) is 0.706. The standard InChI is InChI=1S/C17H24F3N3O3/c18-17(19,20)12-3-4-21-15(6-12)23-5-1-2-11(8-23)7-22-9-13(24)16(26)14(25)10-22/h3-4,6,11,13-14,16,24-26H,1-2,5,7-10H2/t11-,13-,14+,16?/m0/s1. The van der Waals surface area contributed by atoms with Crippen molar-refractivity contribution in [3.05, 3.63) is 23.9 Å². The molecule has 2 saturated heterocycles. The Hall–Kier alpha value is -1.42. The lowest BCUT2D eigenvalue weighted by Crippen LogP contribution is -2.56. The van der Waals surface area contributed by atoms with Crippen LogP contribution in [0.3, 0.4) is 0 Å². The van der Waals surface area contributed by atoms with Gasteiger partial charge in [-0.1, -0.05) is 0 Å². The highest BCUT2D eigenvalue weighted by atomic mass is 19.4. The van der Waals surface area contributed by atoms with E-state index >= 15 is 0 Å². The average molecular weight is 375 g/mol. The second-order valence-electron chi connectivity index (χ2n) is 7.20. The highest BCUT2D eigenvalue weighted by molar-refractivity contribution is 5.42. The van der Waals surface area contributed by atoms with E-state index in [-0.39, 0.29) is 19.0 Å². The molecule has 1 unspecified atom stereocenters. The molecule has 6 nitrogen and oxygen atoms in total. The summed E-state index contributed by atoms with van der Waals surface area (Å²) in [5.74, 6) is 0.508. The first-order chi connectivity index (χ1) is 12.2. The third-order valence-electron chi connectivity index (χ3n) is 5.11. The van der Waals surface area contributed by atoms with Crippen LogP contribution in [0.25, 0.3) is 0 Å². The molecule has 0 amide bonds. The Morgan fingerprint density at radius 3 is 2.46 bits per heavy atom. The molecule has 26 heavy (non-hydrogen) atoms. The van der Waals surface area contributed by atoms with E-state index in [0.29, 0.717) is 25.5 Å². The highest BCUT2D eigenvalue weighted by Gasteiger charge is 2.35. The van der Waals surface area contributed by atoms with Crippen LogP contribution in [-0.4, -0.2) is 76.2 Å². The van der Waals surface area contributed by atoms with Gasteiger partial charge in [0.2, 0.25) is 0 Å². The average Bonchev–Trinajstić information content (AvgIpc) is 2.59. The molecular formula is C17H24F3N3O3. The summed E-state index contributed by atoms with van der Waals surface area (Å²) in [6, 6.07) is 2.04. The van der Waals surface area contributed by atoms with Gasteiger partial charge >= 0.3 is 6.18 Å². The molecule has 2 aliphatic rings. The van der Waals surface area contributed by atoms with Gasteiger partial charge in [0.15, 0.2) is 0 Å². The lowest BCUT2D eigenvalue weighted by Gasteiger charge is -2.41. The molecule has 2 aliphatic heterocycles. The number of hydrogen-bond donors (Lipinski definition) is 3. The van der Waals surface area contributed by atoms with E-state index in [2.05, 4.69) is 4.98 Å². The van der Waals surface area contributed by atoms with E-state index in [9.17, 15) is 28.5 Å². The minimum absolute atomic E-state index is 0.190. The molecule has 0 spiro atoms. The minimum Gasteiger partial charge on any atom is -0.389 e. The third kappa shape index (κ3) is 4.46. The molecule has 2 fully saturated rings. The van der Waals surface area contributed by atoms with Crippen molar-refractivity contribution in [1.29, 1.82) is 0 Å². The maximum absolute atomic E-state index is 12.9. The van der Waals surface area contributed by atoms with Gasteiger partial charge in [-0.3, -0.25) is 4.90 Å². The van der Waals surface area contributed by atoms with E-state index in [1.54, 1.807) is 0 Å². The molecule has 3 rings (SSSR count). The molecule has 0 aromatic carbocycles. The van der Waals surface area contributed by atoms with Crippen LogP contribution in [-0.2, 0) is 6.18 Å². The molecule has 0 bridgehead atoms. The van der Waals surface area contributed by atoms with Crippen LogP contribution in [0.5, 0.6) is 0 Å². The van der Waals surface area contributed by atoms with E-state index < -0.39 is 30.1 Å². The van der Waals surface area contributed by atoms with Crippen LogP contribution in [0, 0.1) is 5.92 Å². The number of nitrogens with zero attached hydrogens (tertiary/aromatic N) is 3. The molecule has 3 N–H and O–H groups in total. The number of alkyl halides is 3. The number of pyridine rings is 1. The first-order valence-electron chi connectivity index (χ1n) is 8.79. The quantitative estimate of drug-likeness (QED) is 0.722. The molecule has 0 saturated carbocycles. The number of aliphatic hydroxyl groups excluding tert-OH is 3. The Labute approximate surface area is 149 Å². The smallest absolute Gasteiger partial charge is 0.389 e. The SMILES string of the molecule is OC1[C@H](O)CN(C[C@@H]2CCCN(c3cc(C(F)(F)F)ccn3)C2)C[C@@H]1O. The molecule has 1 aromatic rings. The Morgan fingerprint density at radius 2 is 1.81 bits per heavy atom. The van der Waals surface area contributed by atoms with Gasteiger partial charge in [0.25, 0.3) is 0 Å². The zero-order chi connectivity index (χ0) is 18.9. The van der Waals surface area contributed by atoms with Crippen LogP contribution < -0.4 is 4.90 Å². The molecular weight excluding hydrogens is 351 g/mol. The van der Waals surface area contributed by atoms with Crippen LogP contribution in [0.1, 0.15) is 18.4 Å². The Kier molecular flexibility index (Phi) is 5.71. The highest BCUT2D eigenvalue weighted by Crippen LogP contribution is 2.32. The molecule has 4 atom stereocenters. The van der Waals surface area contributed by atoms with Crippen molar-refractivity contribution < 1.29 is 28.5 Å². The summed E-state index contributed by atoms with van der Waals surface area (Å²) in [6.45, 7) is 2.37. The van der Waals surface area contributed by atoms with Gasteiger partial charge in [0.05, 0.1) is 17.8 Å². The third-order valence-corrected chi connectivity index (χ3v) is 5.11. The summed E-state index contributed by atoms with van der Waals surface area (Å²) >= 11 is 0. The molecule has 1 aromatic heterocycles. The zero-order valence-electron chi connectivity index (χ0n) is 14.3. The van der Waals surface area contributed by atoms with Crippen LogP contribution >= 0.6 is 0 Å². The van der Waals surface area contributed by atoms with Crippen molar-refractivity contribution in [3.63, 3.8) is 0 Å². The lowest BCUT2D eigenvalue weighted by atomic mass is 9.95. The van der Waals surface area contributed by atoms with Gasteiger partial charge < -0.3 is 20.2 Å². The summed E-state index contributed by atoms with van der Waals surface area (Å²) in [7, 11) is 0. The van der Waals surface area contributed by atoms with E-state index in [1.165, 1.54) is 6.20 Å². The number of halogens is 3. The Morgan fingerprint density at radius 1 is 1.12 bits per heavy atom. The number of aliphatic hydroxyl groups is 3. The van der Waals surface area contributed by atoms with Gasteiger partial charge in [-0.15, -0.1) is 0 Å². The predicted octanol–water partition coefficient (Wildman–Crippen LogP) is 0.715. The number of aromatic nitrogens is 1. The van der Waals surface area contributed by atoms with Crippen molar-refractivity contribution in [2.45, 2.75) is 37.3 Å². The number of β-amino-alcohol motifs (C(OH)–C–C–N with tert-alkyl or cyclic N) is 2. The van der Waals surface area contributed by atoms with Gasteiger partial charge in [-0.05, 0) is 30.9 Å². The fourth-order valence-electron chi connectivity index (χ4n) is 3.78. The van der Waals surface area contributed by atoms with Crippen molar-refractivity contribution in [3.8, 4) is 0 Å². The lowest BCUT2D eigenvalue weighted by molar-refractivity contribution is -0.137. The summed E-state index contributed by atoms with van der Waals surface area (Å²) in [5.41, 5.74) is -0.708. The number of hydrogen-bond acceptors (Lipinski definition) is 6. The summed E-state index contributed by atoms with van der Waals surface area (Å²) < 4.78 is 38.7. The van der Waals surface area contributed by atoms with Crippen LogP contribution in [0.15, 0.2) is 18.3 Å². The van der Waals surface area contributed by atoms with Crippen molar-refractivity contribution in [1.82, 2.24) is 9.88 Å². The van der Waals surface area contributed by atoms with E-state index in [0.717, 1.165) is 25.0 Å². The summed E-state index contributed by atoms with van der Waals surface area (Å²) in [5, 5.41) is 29.2. The normalized spacial score (nSPS) is 31.2. The predicted molar refractivity (Wildman–Crippen MR) is 88.6 cm³/mol. The molecule has 3 heterocycles. The van der Waals surface area contributed by atoms with E-state index in [1.807, 2.05) is 9.80 Å². The Bertz CT molecular complexity index is 604. The first-order valence-corrected chi connectivity index (χ1v) is 8.79. The molecule has 0 radical (unpaired) electrons. The van der Waals surface area contributed by atoms with Gasteiger partial charge in [0.1, 0.15) is 11.9 Å². The number of piperidine rings is 2. The zero-order valence-corrected chi connectivity index (χ0v) is 14.3. The van der Waals surface area contributed by atoms with Gasteiger partial charge in [0, 0.05) is 38.9 Å². The number of anilines is 1. The molecule has 146 valence electrons. The fourth-order valence-corrected chi connectivity index (χ4v) is 3.78. The van der Waals surface area contributed by atoms with Crippen molar-refractivity contribution in [2.24, 2.45) is 5.92 Å². The first kappa shape index (κ1) is 19.3. The van der Waals surface area contributed by atoms with Crippen molar-refractivity contribution >= 4 is 5.82 Å². The van der Waals surface area contributed by atoms with Gasteiger partial charge in [-0.2, -0.15) is 13.2 Å². The minimum atomic E-state index is -4.40. The number of likely N-dealkylation sites (tertiary alicyclic amines) is 1. The topological polar surface area (TPSA) is 80.1 Å².